The number of hydrogen-bond acceptors (Lipinski definition) is 2. The van der Waals surface area contributed by atoms with E-state index in [1.807, 2.05) is 0 Å². The molecule has 2 atom stereocenters. The third-order valence-corrected chi connectivity index (χ3v) is 1.14. The lowest BCUT2D eigenvalue weighted by atomic mass is 10.5. The van der Waals surface area contributed by atoms with Crippen LogP contribution in [0.3, 0.4) is 0 Å². The van der Waals surface area contributed by atoms with Crippen molar-refractivity contribution in [2.75, 3.05) is 0 Å². The Labute approximate surface area is 58.8 Å². The summed E-state index contributed by atoms with van der Waals surface area (Å²) in [6.07, 6.45) is 0.306. The first-order valence-corrected chi connectivity index (χ1v) is 3.60. The van der Waals surface area contributed by atoms with E-state index in [1.54, 1.807) is 0 Å². The maximum atomic E-state index is 8.45. The number of halogens is 2. The third kappa shape index (κ3) is 6.88. The van der Waals surface area contributed by atoms with Crippen molar-refractivity contribution in [3.8, 4) is 0 Å². The quantitative estimate of drug-likeness (QED) is 0.693. The molecule has 0 rings (SSSR count). The third-order valence-electron chi connectivity index (χ3n) is 0.389. The normalized spacial score (nSPS) is 18.9. The van der Waals surface area contributed by atoms with Crippen molar-refractivity contribution in [3.63, 3.8) is 0 Å². The maximum Gasteiger partial charge on any atom is 0.112 e. The van der Waals surface area contributed by atoms with Crippen LogP contribution in [0.4, 0.5) is 0 Å². The lowest BCUT2D eigenvalue weighted by molar-refractivity contribution is 0.187. The zero-order valence-electron chi connectivity index (χ0n) is 3.51. The van der Waals surface area contributed by atoms with E-state index >= 15 is 0 Å². The molecule has 0 spiro atoms. The van der Waals surface area contributed by atoms with Crippen LogP contribution in [0.25, 0.3) is 0 Å². The summed E-state index contributed by atoms with van der Waals surface area (Å²) in [5.41, 5.74) is 0. The van der Waals surface area contributed by atoms with Gasteiger partial charge in [-0.1, -0.05) is 31.9 Å². The van der Waals surface area contributed by atoms with Gasteiger partial charge in [-0.2, -0.15) is 0 Å². The fourth-order valence-electron chi connectivity index (χ4n) is 0.160. The molecule has 0 aliphatic rings. The van der Waals surface area contributed by atoms with Gasteiger partial charge in [0.15, 0.2) is 0 Å². The molecule has 0 saturated heterocycles. The summed E-state index contributed by atoms with van der Waals surface area (Å²) in [5, 5.41) is 15.7. The number of aliphatic hydroxyl groups is 2. The Kier molecular flexibility index (Phi) is 4.31. The molecule has 0 radical (unpaired) electrons. The van der Waals surface area contributed by atoms with Crippen LogP contribution in [-0.2, 0) is 0 Å². The maximum absolute atomic E-state index is 8.45. The molecule has 0 saturated carbocycles. The number of aliphatic hydroxyl groups excluding tert-OH is 2. The first-order chi connectivity index (χ1) is 3.13. The minimum atomic E-state index is -0.609. The molecule has 2 unspecified atom stereocenters. The van der Waals surface area contributed by atoms with Crippen molar-refractivity contribution in [3.05, 3.63) is 0 Å². The van der Waals surface area contributed by atoms with Crippen molar-refractivity contribution < 1.29 is 10.2 Å². The predicted octanol–water partition coefficient (Wildman–Crippen LogP) is 0.803. The van der Waals surface area contributed by atoms with E-state index in [9.17, 15) is 0 Å². The van der Waals surface area contributed by atoms with Gasteiger partial charge >= 0.3 is 0 Å². The molecule has 44 valence electrons. The van der Waals surface area contributed by atoms with Crippen LogP contribution in [0.5, 0.6) is 0 Å². The average Bonchev–Trinajstić information content (AvgIpc) is 1.27. The minimum Gasteiger partial charge on any atom is -0.382 e. The summed E-state index contributed by atoms with van der Waals surface area (Å²) in [5.74, 6) is 0. The number of hydrogen-bond donors (Lipinski definition) is 2. The second-order valence-electron chi connectivity index (χ2n) is 1.10. The SMILES string of the molecule is OC(Br)CC(O)Br. The zero-order chi connectivity index (χ0) is 5.86. The summed E-state index contributed by atoms with van der Waals surface area (Å²) in [7, 11) is 0. The Morgan fingerprint density at radius 3 is 1.43 bits per heavy atom. The Balaban J connectivity index is 2.95. The molecule has 0 aliphatic carbocycles. The van der Waals surface area contributed by atoms with Crippen molar-refractivity contribution in [1.82, 2.24) is 0 Å². The van der Waals surface area contributed by atoms with Crippen LogP contribution in [0.1, 0.15) is 6.42 Å². The van der Waals surface area contributed by atoms with E-state index in [0.717, 1.165) is 0 Å². The fourth-order valence-corrected chi connectivity index (χ4v) is 1.37. The molecule has 0 amide bonds. The monoisotopic (exact) mass is 232 g/mol. The van der Waals surface area contributed by atoms with Crippen LogP contribution in [0.2, 0.25) is 0 Å². The van der Waals surface area contributed by atoms with Gasteiger partial charge in [0.25, 0.3) is 0 Å². The van der Waals surface area contributed by atoms with Gasteiger partial charge in [-0.15, -0.1) is 0 Å². The topological polar surface area (TPSA) is 40.5 Å². The first-order valence-electron chi connectivity index (χ1n) is 1.77. The van der Waals surface area contributed by atoms with E-state index in [1.165, 1.54) is 0 Å². The van der Waals surface area contributed by atoms with Gasteiger partial charge in [-0.05, 0) is 0 Å². The highest BCUT2D eigenvalue weighted by Crippen LogP contribution is 2.08. The highest BCUT2D eigenvalue weighted by atomic mass is 79.9. The first kappa shape index (κ1) is 7.88. The van der Waals surface area contributed by atoms with Crippen molar-refractivity contribution in [2.24, 2.45) is 0 Å². The van der Waals surface area contributed by atoms with Crippen molar-refractivity contribution >= 4 is 31.9 Å². The molecule has 0 aromatic heterocycles. The van der Waals surface area contributed by atoms with Crippen molar-refractivity contribution in [2.45, 2.75) is 16.4 Å². The summed E-state index contributed by atoms with van der Waals surface area (Å²) < 4.78 is 0. The Morgan fingerprint density at radius 1 is 1.14 bits per heavy atom. The summed E-state index contributed by atoms with van der Waals surface area (Å²) >= 11 is 5.68. The molecule has 2 nitrogen and oxygen atoms in total. The molecule has 0 aromatic rings. The van der Waals surface area contributed by atoms with Crippen LogP contribution in [0, 0.1) is 0 Å². The van der Waals surface area contributed by atoms with Gasteiger partial charge in [0.05, 0.1) is 0 Å². The van der Waals surface area contributed by atoms with E-state index in [2.05, 4.69) is 31.9 Å². The van der Waals surface area contributed by atoms with Gasteiger partial charge in [-0.3, -0.25) is 0 Å². The lowest BCUT2D eigenvalue weighted by Gasteiger charge is -2.00. The standard InChI is InChI=1S/C3H6Br2O2/c4-2(6)1-3(5)7/h2-3,6-7H,1H2. The second kappa shape index (κ2) is 3.83. The van der Waals surface area contributed by atoms with E-state index in [4.69, 9.17) is 10.2 Å². The highest BCUT2D eigenvalue weighted by Gasteiger charge is 2.02. The molecule has 0 bridgehead atoms. The molecule has 0 fully saturated rings. The van der Waals surface area contributed by atoms with Crippen LogP contribution < -0.4 is 0 Å². The molecule has 0 heterocycles. The summed E-state index contributed by atoms with van der Waals surface area (Å²) in [6, 6.07) is 0. The Bertz CT molecular complexity index is 40.2. The largest absolute Gasteiger partial charge is 0.382 e. The second-order valence-corrected chi connectivity index (χ2v) is 3.22. The lowest BCUT2D eigenvalue weighted by Crippen LogP contribution is -2.04. The molecular formula is C3H6Br2O2. The summed E-state index contributed by atoms with van der Waals surface area (Å²) in [4.78, 5) is 0. The van der Waals surface area contributed by atoms with Gasteiger partial charge in [0.2, 0.25) is 0 Å². The van der Waals surface area contributed by atoms with Crippen LogP contribution in [-0.4, -0.2) is 20.2 Å². The molecule has 4 heteroatoms. The Hall–Kier alpha value is 0.880. The number of alkyl halides is 2. The highest BCUT2D eigenvalue weighted by molar-refractivity contribution is 9.10. The molecular weight excluding hydrogens is 228 g/mol. The van der Waals surface area contributed by atoms with E-state index in [0.29, 0.717) is 6.42 Å². The smallest absolute Gasteiger partial charge is 0.112 e. The average molecular weight is 234 g/mol. The van der Waals surface area contributed by atoms with Crippen LogP contribution >= 0.6 is 31.9 Å². The minimum absolute atomic E-state index is 0.306. The summed E-state index contributed by atoms with van der Waals surface area (Å²) in [6.45, 7) is 0. The number of rotatable bonds is 2. The van der Waals surface area contributed by atoms with Crippen LogP contribution in [0.15, 0.2) is 0 Å². The van der Waals surface area contributed by atoms with Gasteiger partial charge < -0.3 is 10.2 Å². The van der Waals surface area contributed by atoms with Gasteiger partial charge in [0, 0.05) is 6.42 Å². The zero-order valence-corrected chi connectivity index (χ0v) is 6.68. The fraction of sp³-hybridized carbons (Fsp3) is 1.00. The van der Waals surface area contributed by atoms with Crippen molar-refractivity contribution in [1.29, 1.82) is 0 Å². The molecule has 0 aromatic carbocycles. The van der Waals surface area contributed by atoms with Gasteiger partial charge in [0.1, 0.15) is 10.0 Å². The van der Waals surface area contributed by atoms with E-state index < -0.39 is 10.0 Å². The molecule has 0 aliphatic heterocycles. The van der Waals surface area contributed by atoms with Gasteiger partial charge in [-0.25, -0.2) is 0 Å². The molecule has 2 N–H and O–H groups in total. The van der Waals surface area contributed by atoms with E-state index in [-0.39, 0.29) is 0 Å². The Morgan fingerprint density at radius 2 is 1.43 bits per heavy atom. The predicted molar refractivity (Wildman–Crippen MR) is 34.5 cm³/mol. The molecule has 7 heavy (non-hydrogen) atoms.